The third-order valence-corrected chi connectivity index (χ3v) is 0. The predicted octanol–water partition coefficient (Wildman–Crippen LogP) is -1.34. The molecule has 0 aliphatic rings. The Balaban J connectivity index is -0.0000000800. The molecule has 4 nitrogen and oxygen atoms in total. The quantitative estimate of drug-likeness (QED) is 0.281. The average Bonchev–Trinajstić information content (AvgIpc) is 0.722. The van der Waals surface area contributed by atoms with Crippen LogP contribution in [0.2, 0.25) is 0 Å². The van der Waals surface area contributed by atoms with E-state index in [-0.39, 0.29) is 33.8 Å². The van der Waals surface area contributed by atoms with Crippen LogP contribution in [0.15, 0.2) is 0 Å². The fourth-order valence-electron chi connectivity index (χ4n) is 0. The van der Waals surface area contributed by atoms with Crippen molar-refractivity contribution in [1.82, 2.24) is 0 Å². The zero-order chi connectivity index (χ0) is 4.50. The van der Waals surface area contributed by atoms with Crippen molar-refractivity contribution < 1.29 is 51.4 Å². The van der Waals surface area contributed by atoms with Crippen molar-refractivity contribution in [3.63, 3.8) is 0 Å². The van der Waals surface area contributed by atoms with E-state index in [9.17, 15) is 0 Å². The van der Waals surface area contributed by atoms with Crippen molar-refractivity contribution in [1.29, 1.82) is 0 Å². The van der Waals surface area contributed by atoms with Crippen LogP contribution in [0.4, 0.5) is 0 Å². The molecule has 7 heavy (non-hydrogen) atoms. The van der Waals surface area contributed by atoms with Crippen LogP contribution >= 0.6 is 0 Å². The summed E-state index contributed by atoms with van der Waals surface area (Å²) in [4.78, 5) is 0. The van der Waals surface area contributed by atoms with E-state index in [0.717, 1.165) is 0 Å². The molecule has 0 spiro atoms. The van der Waals surface area contributed by atoms with Crippen molar-refractivity contribution in [2.45, 2.75) is 0 Å². The van der Waals surface area contributed by atoms with Crippen LogP contribution < -0.4 is 0 Å². The monoisotopic (exact) mass is 210 g/mol. The minimum Gasteiger partial charge on any atom is -0.759 e. The Morgan fingerprint density at radius 3 is 1.14 bits per heavy atom. The Morgan fingerprint density at radius 2 is 1.14 bits per heavy atom. The summed E-state index contributed by atoms with van der Waals surface area (Å²) in [6, 6.07) is 0. The Bertz CT molecular complexity index is 94.9. The molecule has 7 heteroatoms. The van der Waals surface area contributed by atoms with E-state index in [0.29, 0.717) is 0 Å². The molecule has 2 radical (unpaired) electrons. The minimum atomic E-state index is -5.17. The maximum Gasteiger partial charge on any atom is 2.00 e. The van der Waals surface area contributed by atoms with Crippen molar-refractivity contribution in [3.05, 3.63) is 0 Å². The Hall–Kier alpha value is 0.896. The second-order valence-corrected chi connectivity index (χ2v) is 1.22. The van der Waals surface area contributed by atoms with Gasteiger partial charge in [-0.05, 0) is 0 Å². The van der Waals surface area contributed by atoms with Gasteiger partial charge in [0.15, 0.2) is 0 Å². The summed E-state index contributed by atoms with van der Waals surface area (Å²) in [5.74, 6) is 0. The molecule has 0 unspecified atom stereocenters. The van der Waals surface area contributed by atoms with Crippen LogP contribution in [0.25, 0.3) is 0 Å². The summed E-state index contributed by atoms with van der Waals surface area (Å²) >= 11 is 0. The number of hydrogen-bond donors (Lipinski definition) is 0. The summed E-state index contributed by atoms with van der Waals surface area (Å²) in [6.07, 6.45) is 0. The van der Waals surface area contributed by atoms with Gasteiger partial charge in [-0.25, -0.2) is 0 Å². The molecule has 0 aromatic carbocycles. The van der Waals surface area contributed by atoms with E-state index in [1.807, 2.05) is 0 Å². The van der Waals surface area contributed by atoms with Crippen LogP contribution in [0, 0.1) is 0 Å². The van der Waals surface area contributed by atoms with E-state index in [1.54, 1.807) is 0 Å². The van der Waals surface area contributed by atoms with E-state index in [4.69, 9.17) is 17.5 Å². The first-order chi connectivity index (χ1) is 2.00. The molecule has 0 aromatic rings. The first-order valence-corrected chi connectivity index (χ1v) is 2.00. The third kappa shape index (κ3) is 206. The molecule has 0 bridgehead atoms. The number of hydrogen-bond acceptors (Lipinski definition) is 4. The van der Waals surface area contributed by atoms with Gasteiger partial charge in [-0.3, -0.25) is 8.42 Å². The molecule has 0 N–H and O–H groups in total. The summed E-state index contributed by atoms with van der Waals surface area (Å²) in [6.45, 7) is 0. The van der Waals surface area contributed by atoms with E-state index in [1.165, 1.54) is 0 Å². The SMILES string of the molecule is O=S(=O)([O-])[O-].[Co].[Mn+2]. The molecule has 0 aliphatic heterocycles. The van der Waals surface area contributed by atoms with Crippen LogP contribution in [0.5, 0.6) is 0 Å². The van der Waals surface area contributed by atoms with Crippen LogP contribution in [-0.4, -0.2) is 17.5 Å². The molecule has 46 valence electrons. The first-order valence-electron chi connectivity index (χ1n) is 0.667. The Labute approximate surface area is 61.9 Å². The molecule has 0 fully saturated rings. The van der Waals surface area contributed by atoms with Crippen molar-refractivity contribution in [2.75, 3.05) is 0 Å². The van der Waals surface area contributed by atoms with E-state index >= 15 is 0 Å². The largest absolute Gasteiger partial charge is 2.00 e. The van der Waals surface area contributed by atoms with Gasteiger partial charge in [0.1, 0.15) is 0 Å². The van der Waals surface area contributed by atoms with Gasteiger partial charge >= 0.3 is 17.1 Å². The zero-order valence-corrected chi connectivity index (χ0v) is 5.79. The summed E-state index contributed by atoms with van der Waals surface area (Å²) in [5, 5.41) is 0. The average molecular weight is 210 g/mol. The molecule has 0 aliphatic carbocycles. The molecule has 0 saturated heterocycles. The van der Waals surface area contributed by atoms with Crippen molar-refractivity contribution in [2.24, 2.45) is 0 Å². The topological polar surface area (TPSA) is 80.3 Å². The standard InChI is InChI=1S/Co.Mn.H2O4S/c;;1-5(2,3)4/h;;(H2,1,2,3,4)/q;+2;/p-2. The van der Waals surface area contributed by atoms with E-state index in [2.05, 4.69) is 0 Å². The molecule has 0 aromatic heterocycles. The Kier molecular flexibility index (Phi) is 11.3. The van der Waals surface area contributed by atoms with Gasteiger partial charge in [0.05, 0.1) is 0 Å². The fraction of sp³-hybridized carbons (Fsp3) is 0. The molecule has 0 amide bonds. The van der Waals surface area contributed by atoms with Gasteiger partial charge in [0.2, 0.25) is 0 Å². The summed E-state index contributed by atoms with van der Waals surface area (Å²) < 4.78 is 34.1. The van der Waals surface area contributed by atoms with E-state index < -0.39 is 10.4 Å². The number of rotatable bonds is 0. The minimum absolute atomic E-state index is 0. The van der Waals surface area contributed by atoms with Gasteiger partial charge in [-0.2, -0.15) is 0 Å². The predicted molar refractivity (Wildman–Crippen MR) is 10.5 cm³/mol. The second-order valence-electron chi connectivity index (χ2n) is 0.408. The van der Waals surface area contributed by atoms with Gasteiger partial charge in [-0.1, -0.05) is 0 Å². The molecule has 0 saturated carbocycles. The third-order valence-electron chi connectivity index (χ3n) is 0. The van der Waals surface area contributed by atoms with Gasteiger partial charge in [0, 0.05) is 27.2 Å². The smallest absolute Gasteiger partial charge is 0.759 e. The maximum absolute atomic E-state index is 8.52. The normalized spacial score (nSPS) is 8.29. The molecular formula is CoMnO4S. The Morgan fingerprint density at radius 1 is 1.14 bits per heavy atom. The van der Waals surface area contributed by atoms with Gasteiger partial charge in [0.25, 0.3) is 0 Å². The van der Waals surface area contributed by atoms with Crippen LogP contribution in [-0.2, 0) is 44.2 Å². The maximum atomic E-state index is 8.52. The van der Waals surface area contributed by atoms with Crippen molar-refractivity contribution >= 4 is 10.4 Å². The molecular weight excluding hydrogens is 210 g/mol. The fourth-order valence-corrected chi connectivity index (χ4v) is 0. The first kappa shape index (κ1) is 15.7. The van der Waals surface area contributed by atoms with Crippen molar-refractivity contribution in [3.8, 4) is 0 Å². The zero-order valence-electron chi connectivity index (χ0n) is 2.75. The molecule has 0 heterocycles. The van der Waals surface area contributed by atoms with Crippen LogP contribution in [0.3, 0.4) is 0 Å². The summed E-state index contributed by atoms with van der Waals surface area (Å²) in [7, 11) is -5.17. The van der Waals surface area contributed by atoms with Gasteiger partial charge in [-0.15, -0.1) is 0 Å². The summed E-state index contributed by atoms with van der Waals surface area (Å²) in [5.41, 5.74) is 0. The molecule has 0 rings (SSSR count). The van der Waals surface area contributed by atoms with Crippen LogP contribution in [0.1, 0.15) is 0 Å². The van der Waals surface area contributed by atoms with Gasteiger partial charge < -0.3 is 9.11 Å². The molecule has 0 atom stereocenters. The second kappa shape index (κ2) is 5.04.